The highest BCUT2D eigenvalue weighted by Gasteiger charge is 2.39. The molecule has 2 nitrogen and oxygen atoms in total. The highest BCUT2D eigenvalue weighted by atomic mass is 79.9. The molecule has 0 amide bonds. The van der Waals surface area contributed by atoms with Gasteiger partial charge < -0.3 is 4.42 Å². The second-order valence-corrected chi connectivity index (χ2v) is 5.90. The van der Waals surface area contributed by atoms with Gasteiger partial charge >= 0.3 is 0 Å². The molecular weight excluding hydrogens is 277 g/mol. The summed E-state index contributed by atoms with van der Waals surface area (Å²) in [6.07, 6.45) is 2.86. The van der Waals surface area contributed by atoms with Gasteiger partial charge in [-0.2, -0.15) is 0 Å². The van der Waals surface area contributed by atoms with Crippen LogP contribution in [0.15, 0.2) is 21.4 Å². The third kappa shape index (κ3) is 2.24. The summed E-state index contributed by atoms with van der Waals surface area (Å²) in [4.78, 5) is 2.40. The molecule has 15 heavy (non-hydrogen) atoms. The van der Waals surface area contributed by atoms with Crippen LogP contribution in [-0.4, -0.2) is 22.4 Å². The minimum Gasteiger partial charge on any atom is -0.457 e. The van der Waals surface area contributed by atoms with Gasteiger partial charge in [0.15, 0.2) is 4.67 Å². The molecule has 1 unspecified atom stereocenters. The van der Waals surface area contributed by atoms with Crippen molar-refractivity contribution in [1.82, 2.24) is 4.90 Å². The van der Waals surface area contributed by atoms with Crippen molar-refractivity contribution in [1.29, 1.82) is 0 Å². The Bertz CT molecular complexity index is 350. The fraction of sp³-hybridized carbons (Fsp3) is 0.636. The van der Waals surface area contributed by atoms with Crippen molar-refractivity contribution in [2.24, 2.45) is 0 Å². The Morgan fingerprint density at radius 3 is 2.87 bits per heavy atom. The molecular formula is C11H15BrClNO. The Labute approximate surface area is 104 Å². The lowest BCUT2D eigenvalue weighted by molar-refractivity contribution is 0.168. The molecule has 1 atom stereocenters. The molecule has 1 saturated heterocycles. The van der Waals surface area contributed by atoms with Crippen LogP contribution in [0, 0.1) is 0 Å². The molecule has 1 aliphatic heterocycles. The van der Waals surface area contributed by atoms with Gasteiger partial charge in [0.05, 0.1) is 11.6 Å². The smallest absolute Gasteiger partial charge is 0.169 e. The van der Waals surface area contributed by atoms with Gasteiger partial charge in [-0.3, -0.25) is 4.90 Å². The Morgan fingerprint density at radius 2 is 2.40 bits per heavy atom. The van der Waals surface area contributed by atoms with E-state index >= 15 is 0 Å². The van der Waals surface area contributed by atoms with E-state index in [-0.39, 0.29) is 10.9 Å². The summed E-state index contributed by atoms with van der Waals surface area (Å²) in [5.74, 6) is 0. The standard InChI is InChI=1S/C11H15BrClNO/c1-11(2)9(13)3-4-14(11)6-8-5-10(12)15-7-8/h5,7,9H,3-4,6H2,1-2H3. The first-order valence-corrected chi connectivity index (χ1v) is 6.35. The summed E-state index contributed by atoms with van der Waals surface area (Å²) in [5.41, 5.74) is 1.27. The van der Waals surface area contributed by atoms with Crippen LogP contribution in [0.2, 0.25) is 0 Å². The summed E-state index contributed by atoms with van der Waals surface area (Å²) in [7, 11) is 0. The molecule has 0 bridgehead atoms. The van der Waals surface area contributed by atoms with E-state index in [4.69, 9.17) is 16.0 Å². The number of halogens is 2. The lowest BCUT2D eigenvalue weighted by atomic mass is 10.0. The molecule has 4 heteroatoms. The van der Waals surface area contributed by atoms with Crippen LogP contribution in [0.3, 0.4) is 0 Å². The van der Waals surface area contributed by atoms with Gasteiger partial charge in [-0.25, -0.2) is 0 Å². The fourth-order valence-corrected chi connectivity index (χ4v) is 2.66. The van der Waals surface area contributed by atoms with Crippen LogP contribution >= 0.6 is 27.5 Å². The maximum absolute atomic E-state index is 6.30. The second-order valence-electron chi connectivity index (χ2n) is 4.59. The Morgan fingerprint density at radius 1 is 1.67 bits per heavy atom. The maximum atomic E-state index is 6.30. The van der Waals surface area contributed by atoms with Crippen LogP contribution < -0.4 is 0 Å². The molecule has 1 aromatic heterocycles. The topological polar surface area (TPSA) is 16.4 Å². The lowest BCUT2D eigenvalue weighted by Gasteiger charge is -2.33. The van der Waals surface area contributed by atoms with Crippen molar-refractivity contribution in [2.45, 2.75) is 37.7 Å². The highest BCUT2D eigenvalue weighted by molar-refractivity contribution is 9.10. The molecule has 2 heterocycles. The van der Waals surface area contributed by atoms with Crippen LogP contribution in [0.5, 0.6) is 0 Å². The Kier molecular flexibility index (Phi) is 3.15. The summed E-state index contributed by atoms with van der Waals surface area (Å²) in [6.45, 7) is 6.37. The van der Waals surface area contributed by atoms with E-state index in [0.717, 1.165) is 24.2 Å². The van der Waals surface area contributed by atoms with E-state index in [9.17, 15) is 0 Å². The molecule has 0 saturated carbocycles. The van der Waals surface area contributed by atoms with Crippen molar-refractivity contribution in [2.75, 3.05) is 6.54 Å². The SMILES string of the molecule is CC1(C)C(Cl)CCN1Cc1coc(Br)c1. The van der Waals surface area contributed by atoms with E-state index < -0.39 is 0 Å². The van der Waals surface area contributed by atoms with E-state index in [0.29, 0.717) is 0 Å². The minimum absolute atomic E-state index is 0.0747. The molecule has 1 fully saturated rings. The number of alkyl halides is 1. The molecule has 0 radical (unpaired) electrons. The third-order valence-corrected chi connectivity index (χ3v) is 4.40. The number of nitrogens with zero attached hydrogens (tertiary/aromatic N) is 1. The van der Waals surface area contributed by atoms with Gasteiger partial charge in [-0.15, -0.1) is 11.6 Å². The molecule has 0 aliphatic carbocycles. The lowest BCUT2D eigenvalue weighted by Crippen LogP contribution is -2.42. The molecule has 0 spiro atoms. The normalized spacial score (nSPS) is 26.0. The first-order valence-electron chi connectivity index (χ1n) is 5.12. The van der Waals surface area contributed by atoms with E-state index in [1.165, 1.54) is 5.56 Å². The van der Waals surface area contributed by atoms with Crippen LogP contribution in [0.4, 0.5) is 0 Å². The highest BCUT2D eigenvalue weighted by Crippen LogP contribution is 2.34. The number of hydrogen-bond acceptors (Lipinski definition) is 2. The minimum atomic E-state index is 0.0747. The first-order chi connectivity index (χ1) is 7.00. The monoisotopic (exact) mass is 291 g/mol. The Balaban J connectivity index is 2.07. The molecule has 1 aliphatic rings. The summed E-state index contributed by atoms with van der Waals surface area (Å²) >= 11 is 9.61. The molecule has 0 aromatic carbocycles. The first kappa shape index (κ1) is 11.5. The average Bonchev–Trinajstić information content (AvgIpc) is 2.66. The molecule has 1 aromatic rings. The van der Waals surface area contributed by atoms with Gasteiger partial charge in [0.25, 0.3) is 0 Å². The summed E-state index contributed by atoms with van der Waals surface area (Å²) < 4.78 is 6.02. The predicted octanol–water partition coefficient (Wildman–Crippen LogP) is 3.63. The van der Waals surface area contributed by atoms with E-state index in [2.05, 4.69) is 34.7 Å². The zero-order valence-electron chi connectivity index (χ0n) is 8.96. The average molecular weight is 293 g/mol. The Hall–Kier alpha value is 0.01000. The van der Waals surface area contributed by atoms with E-state index in [1.54, 1.807) is 6.26 Å². The summed E-state index contributed by atoms with van der Waals surface area (Å²) in [6, 6.07) is 2.01. The molecule has 2 rings (SSSR count). The van der Waals surface area contributed by atoms with Crippen LogP contribution in [-0.2, 0) is 6.54 Å². The van der Waals surface area contributed by atoms with Gasteiger partial charge in [0, 0.05) is 24.2 Å². The zero-order chi connectivity index (χ0) is 11.1. The molecule has 84 valence electrons. The van der Waals surface area contributed by atoms with Crippen LogP contribution in [0.1, 0.15) is 25.8 Å². The van der Waals surface area contributed by atoms with Crippen molar-refractivity contribution in [3.8, 4) is 0 Å². The number of furan rings is 1. The summed E-state index contributed by atoms with van der Waals surface area (Å²) in [5, 5.41) is 0.243. The van der Waals surface area contributed by atoms with Gasteiger partial charge in [-0.05, 0) is 42.3 Å². The largest absolute Gasteiger partial charge is 0.457 e. The number of likely N-dealkylation sites (tertiary alicyclic amines) is 1. The fourth-order valence-electron chi connectivity index (χ4n) is 2.04. The predicted molar refractivity (Wildman–Crippen MR) is 65.2 cm³/mol. The number of hydrogen-bond donors (Lipinski definition) is 0. The van der Waals surface area contributed by atoms with Gasteiger partial charge in [-0.1, -0.05) is 0 Å². The maximum Gasteiger partial charge on any atom is 0.169 e. The molecule has 0 N–H and O–H groups in total. The van der Waals surface area contributed by atoms with Crippen LogP contribution in [0.25, 0.3) is 0 Å². The van der Waals surface area contributed by atoms with Gasteiger partial charge in [0.2, 0.25) is 0 Å². The van der Waals surface area contributed by atoms with Crippen molar-refractivity contribution < 1.29 is 4.42 Å². The van der Waals surface area contributed by atoms with Crippen molar-refractivity contribution >= 4 is 27.5 Å². The zero-order valence-corrected chi connectivity index (χ0v) is 11.3. The number of rotatable bonds is 2. The second kappa shape index (κ2) is 4.11. The van der Waals surface area contributed by atoms with E-state index in [1.807, 2.05) is 6.07 Å². The van der Waals surface area contributed by atoms with Gasteiger partial charge in [0.1, 0.15) is 0 Å². The quantitative estimate of drug-likeness (QED) is 0.774. The van der Waals surface area contributed by atoms with Crippen molar-refractivity contribution in [3.05, 3.63) is 22.6 Å². The van der Waals surface area contributed by atoms with Crippen molar-refractivity contribution in [3.63, 3.8) is 0 Å². The third-order valence-electron chi connectivity index (χ3n) is 3.23.